The van der Waals surface area contributed by atoms with E-state index in [1.807, 2.05) is 0 Å². The topological polar surface area (TPSA) is 0 Å². The van der Waals surface area contributed by atoms with Crippen LogP contribution in [0.15, 0.2) is 0 Å². The Labute approximate surface area is 118 Å². The van der Waals surface area contributed by atoms with Crippen molar-refractivity contribution in [1.82, 2.24) is 0 Å². The van der Waals surface area contributed by atoms with Crippen LogP contribution in [0.1, 0.15) is 0 Å². The second-order valence-electron chi connectivity index (χ2n) is 2.67. The zero-order valence-corrected chi connectivity index (χ0v) is 6.89. The summed E-state index contributed by atoms with van der Waals surface area (Å²) in [7, 11) is 0. The van der Waals surface area contributed by atoms with Crippen LogP contribution in [0, 0.1) is 0 Å². The molecule has 1 saturated heterocycles. The Bertz CT molecular complexity index is 113. The van der Waals surface area contributed by atoms with Crippen LogP contribution >= 0.6 is 0 Å². The molecule has 0 aromatic carbocycles. The van der Waals surface area contributed by atoms with E-state index in [1.165, 1.54) is 0 Å². The van der Waals surface area contributed by atoms with E-state index in [4.69, 9.17) is 0 Å². The third kappa shape index (κ3) is 2.86. The van der Waals surface area contributed by atoms with Crippen LogP contribution in [0.5, 0.6) is 0 Å². The van der Waals surface area contributed by atoms with Crippen LogP contribution in [0.4, 0.5) is 25.5 Å². The van der Waals surface area contributed by atoms with Crippen molar-refractivity contribution in [1.29, 1.82) is 0 Å². The van der Waals surface area contributed by atoms with Gasteiger partial charge in [-0.1, -0.05) is 0 Å². The summed E-state index contributed by atoms with van der Waals surface area (Å²) < 4.78 is 73.8. The number of hydrogen-bond acceptors (Lipinski definition) is 0. The van der Waals surface area contributed by atoms with Gasteiger partial charge in [-0.3, -0.25) is 8.78 Å². The summed E-state index contributed by atoms with van der Waals surface area (Å²) in [5.74, 6) is 0. The van der Waals surface area contributed by atoms with Crippen molar-refractivity contribution in [3.63, 3.8) is 0 Å². The van der Waals surface area contributed by atoms with Crippen molar-refractivity contribution >= 4 is 66.0 Å². The predicted octanol–water partition coefficient (Wildman–Crippen LogP) is 1.08. The molecule has 1 rings (SSSR count). The van der Waals surface area contributed by atoms with E-state index < -0.39 is 43.2 Å². The molecule has 1 aliphatic heterocycles. The van der Waals surface area contributed by atoms with Crippen molar-refractivity contribution in [2.45, 2.75) is 28.6 Å². The zero-order chi connectivity index (χ0) is 9.46. The summed E-state index contributed by atoms with van der Waals surface area (Å²) in [5, 5.41) is -5.55. The molecule has 0 nitrogen and oxygen atoms in total. The van der Waals surface area contributed by atoms with Gasteiger partial charge in [-0.05, 0) is 0 Å². The van der Waals surface area contributed by atoms with Gasteiger partial charge < -0.3 is 3.52 Å². The van der Waals surface area contributed by atoms with E-state index in [1.54, 1.807) is 0 Å². The van der Waals surface area contributed by atoms with E-state index in [2.05, 4.69) is 0 Å². The molecule has 0 aromatic rings. The molecule has 0 spiro atoms. The molecular formula is C5H6AlF6K. The quantitative estimate of drug-likeness (QED) is 0.443. The normalized spacial score (nSPS) is 45.7. The van der Waals surface area contributed by atoms with E-state index in [0.717, 1.165) is 0 Å². The van der Waals surface area contributed by atoms with Gasteiger partial charge in [-0.15, -0.1) is 0 Å². The van der Waals surface area contributed by atoms with E-state index in [-0.39, 0.29) is 51.4 Å². The zero-order valence-electron chi connectivity index (χ0n) is 5.73. The predicted molar refractivity (Wildman–Crippen MR) is 38.5 cm³/mol. The van der Waals surface area contributed by atoms with E-state index >= 15 is 0 Å². The molecule has 1 aliphatic rings. The van der Waals surface area contributed by atoms with Gasteiger partial charge in [0.15, 0.2) is 18.5 Å². The first-order chi connectivity index (χ1) is 5.46. The molecule has 0 bridgehead atoms. The fourth-order valence-electron chi connectivity index (χ4n) is 1.05. The van der Waals surface area contributed by atoms with Crippen LogP contribution in [-0.2, 0) is 0 Å². The standard InChI is InChI=1S/C5H5F5.Al.FH.K.H/c6-1-3(8)5(10)4(9)2-7;;;;/h1-5H;;1H;;/q;+1;;;/p-1. The molecule has 0 radical (unpaired) electrons. The van der Waals surface area contributed by atoms with Gasteiger partial charge in [0.25, 0.3) is 0 Å². The monoisotopic (exact) mass is 246 g/mol. The number of alkyl halides is 5. The Morgan fingerprint density at radius 2 is 1.00 bits per heavy atom. The third-order valence-corrected chi connectivity index (χ3v) is 3.78. The second kappa shape index (κ2) is 5.73. The molecule has 72 valence electrons. The Morgan fingerprint density at radius 3 is 1.31 bits per heavy atom. The first-order valence-corrected chi connectivity index (χ1v) is 5.08. The SMILES string of the molecule is FC1C(F)[CH](F)[Al]([F])[CH](F)C1F.[KH]. The summed E-state index contributed by atoms with van der Waals surface area (Å²) in [5.41, 5.74) is 0. The molecule has 4 unspecified atom stereocenters. The summed E-state index contributed by atoms with van der Waals surface area (Å²) >= 11 is -4.26. The summed E-state index contributed by atoms with van der Waals surface area (Å²) in [6, 6.07) is 0. The summed E-state index contributed by atoms with van der Waals surface area (Å²) in [6.45, 7) is 0. The number of hydrogen-bond donors (Lipinski definition) is 0. The molecule has 4 atom stereocenters. The average Bonchev–Trinajstić information content (AvgIpc) is 2.08. The first kappa shape index (κ1) is 14.7. The number of halogens is 6. The van der Waals surface area contributed by atoms with Crippen LogP contribution in [0.25, 0.3) is 0 Å². The molecule has 0 saturated carbocycles. The van der Waals surface area contributed by atoms with Crippen LogP contribution < -0.4 is 0 Å². The molecule has 0 aromatic heterocycles. The maximum atomic E-state index is 12.4. The molecule has 13 heavy (non-hydrogen) atoms. The minimum atomic E-state index is -4.26. The first-order valence-electron chi connectivity index (χ1n) is 3.31. The van der Waals surface area contributed by atoms with E-state index in [0.29, 0.717) is 0 Å². The molecule has 8 heteroatoms. The fraction of sp³-hybridized carbons (Fsp3) is 1.00. The van der Waals surface area contributed by atoms with Gasteiger partial charge >= 0.3 is 66.0 Å². The van der Waals surface area contributed by atoms with Crippen molar-refractivity contribution in [3.8, 4) is 0 Å². The maximum absolute atomic E-state index is 12.4. The van der Waals surface area contributed by atoms with Crippen LogP contribution in [-0.4, -0.2) is 94.6 Å². The fourth-order valence-corrected chi connectivity index (χ4v) is 2.53. The minimum absolute atomic E-state index is 0. The van der Waals surface area contributed by atoms with Crippen LogP contribution in [0.3, 0.4) is 0 Å². The van der Waals surface area contributed by atoms with Gasteiger partial charge in [0, 0.05) is 0 Å². The van der Waals surface area contributed by atoms with Crippen molar-refractivity contribution < 1.29 is 25.5 Å². The second-order valence-corrected chi connectivity index (χ2v) is 4.83. The molecule has 0 N–H and O–H groups in total. The Morgan fingerprint density at radius 1 is 0.692 bits per heavy atom. The number of rotatable bonds is 0. The summed E-state index contributed by atoms with van der Waals surface area (Å²) in [6.07, 6.45) is -8.59. The van der Waals surface area contributed by atoms with Crippen molar-refractivity contribution in [3.05, 3.63) is 0 Å². The van der Waals surface area contributed by atoms with E-state index in [9.17, 15) is 25.5 Å². The van der Waals surface area contributed by atoms with Gasteiger partial charge in [-0.25, -0.2) is 13.2 Å². The van der Waals surface area contributed by atoms with Gasteiger partial charge in [0.05, 0.1) is 0 Å². The Hall–Kier alpha value is 1.75. The van der Waals surface area contributed by atoms with Gasteiger partial charge in [0.1, 0.15) is 10.1 Å². The van der Waals surface area contributed by atoms with Gasteiger partial charge in [0.2, 0.25) is 0 Å². The molecule has 1 fully saturated rings. The molecule has 1 heterocycles. The average molecular weight is 246 g/mol. The third-order valence-electron chi connectivity index (χ3n) is 1.83. The Balaban J connectivity index is 0.00000144. The van der Waals surface area contributed by atoms with Crippen LogP contribution in [0.2, 0.25) is 0 Å². The summed E-state index contributed by atoms with van der Waals surface area (Å²) in [4.78, 5) is 0. The molecule has 0 aliphatic carbocycles. The molecule has 0 amide bonds. The van der Waals surface area contributed by atoms with Crippen molar-refractivity contribution in [2.75, 3.05) is 0 Å². The molecular weight excluding hydrogens is 240 g/mol. The van der Waals surface area contributed by atoms with Gasteiger partial charge in [-0.2, -0.15) is 0 Å². The Kier molecular flexibility index (Phi) is 6.50. The van der Waals surface area contributed by atoms with Crippen molar-refractivity contribution in [2.24, 2.45) is 0 Å².